The van der Waals surface area contributed by atoms with Crippen LogP contribution in [-0.2, 0) is 9.84 Å². The Hall–Kier alpha value is -2.09. The molecule has 2 aromatic rings. The monoisotopic (exact) mass is 396 g/mol. The van der Waals surface area contributed by atoms with Crippen molar-refractivity contribution in [1.82, 2.24) is 10.6 Å². The van der Waals surface area contributed by atoms with Crippen LogP contribution in [0.15, 0.2) is 22.6 Å². The van der Waals surface area contributed by atoms with Crippen LogP contribution in [0.5, 0.6) is 0 Å². The summed E-state index contributed by atoms with van der Waals surface area (Å²) in [6, 6.07) is 3.10. The molecule has 1 fully saturated rings. The summed E-state index contributed by atoms with van der Waals surface area (Å²) in [6.45, 7) is 5.73. The van der Waals surface area contributed by atoms with Gasteiger partial charge >= 0.3 is 6.03 Å². The molecule has 1 aliphatic heterocycles. The Morgan fingerprint density at radius 1 is 1.33 bits per heavy atom. The summed E-state index contributed by atoms with van der Waals surface area (Å²) in [6.07, 6.45) is 1.19. The lowest BCUT2D eigenvalue weighted by atomic mass is 9.98. The van der Waals surface area contributed by atoms with Crippen molar-refractivity contribution in [3.05, 3.63) is 35.3 Å². The van der Waals surface area contributed by atoms with Gasteiger partial charge in [-0.2, -0.15) is 0 Å². The number of urea groups is 1. The molecule has 0 bridgehead atoms. The number of nitrogens with one attached hydrogen (secondary N) is 2. The first-order valence-corrected chi connectivity index (χ1v) is 10.9. The van der Waals surface area contributed by atoms with Gasteiger partial charge in [0.15, 0.2) is 9.84 Å². The Kier molecular flexibility index (Phi) is 5.46. The fourth-order valence-electron chi connectivity index (χ4n) is 3.55. The lowest BCUT2D eigenvalue weighted by Crippen LogP contribution is -2.48. The summed E-state index contributed by atoms with van der Waals surface area (Å²) in [4.78, 5) is 12.5. The number of benzene rings is 1. The van der Waals surface area contributed by atoms with Gasteiger partial charge in [0, 0.05) is 17.0 Å². The highest BCUT2D eigenvalue weighted by Crippen LogP contribution is 2.33. The number of hydrogen-bond acceptors (Lipinski definition) is 4. The number of fused-ring (bicyclic) bond motifs is 1. The highest BCUT2D eigenvalue weighted by atomic mass is 32.2. The predicted molar refractivity (Wildman–Crippen MR) is 102 cm³/mol. The molecule has 8 heteroatoms. The highest BCUT2D eigenvalue weighted by Gasteiger charge is 2.29. The lowest BCUT2D eigenvalue weighted by molar-refractivity contribution is 0.226. The number of carbonyl (C=O) groups excluding carboxylic acids is 1. The van der Waals surface area contributed by atoms with E-state index in [1.165, 1.54) is 12.1 Å². The molecule has 1 aromatic heterocycles. The van der Waals surface area contributed by atoms with Crippen LogP contribution in [0.4, 0.5) is 9.18 Å². The van der Waals surface area contributed by atoms with E-state index < -0.39 is 21.9 Å². The summed E-state index contributed by atoms with van der Waals surface area (Å²) >= 11 is 0. The third-order valence-corrected chi connectivity index (χ3v) is 6.79. The second-order valence-electron chi connectivity index (χ2n) is 7.52. The molecule has 0 aliphatic carbocycles. The molecule has 6 nitrogen and oxygen atoms in total. The molecule has 148 valence electrons. The number of halogens is 1. The minimum Gasteiger partial charge on any atom is -0.459 e. The molecule has 3 rings (SSSR count). The summed E-state index contributed by atoms with van der Waals surface area (Å²) in [5.74, 6) is 0.404. The number of hydrogen-bond donors (Lipinski definition) is 2. The van der Waals surface area contributed by atoms with Crippen LogP contribution >= 0.6 is 0 Å². The van der Waals surface area contributed by atoms with Gasteiger partial charge in [-0.25, -0.2) is 17.6 Å². The highest BCUT2D eigenvalue weighted by molar-refractivity contribution is 7.91. The van der Waals surface area contributed by atoms with Crippen LogP contribution in [0.25, 0.3) is 11.0 Å². The lowest BCUT2D eigenvalue weighted by Gasteiger charge is -2.26. The maximum Gasteiger partial charge on any atom is 0.315 e. The first-order chi connectivity index (χ1) is 12.7. The van der Waals surface area contributed by atoms with Crippen LogP contribution < -0.4 is 10.6 Å². The zero-order valence-electron chi connectivity index (χ0n) is 15.7. The van der Waals surface area contributed by atoms with Gasteiger partial charge in [-0.1, -0.05) is 13.8 Å². The van der Waals surface area contributed by atoms with E-state index in [2.05, 4.69) is 10.6 Å². The summed E-state index contributed by atoms with van der Waals surface area (Å²) in [7, 11) is -3.10. The first-order valence-electron chi connectivity index (χ1n) is 9.12. The molecule has 0 saturated carbocycles. The minimum absolute atomic E-state index is 0.0231. The third-order valence-electron chi connectivity index (χ3n) is 4.97. The number of amides is 2. The Labute approximate surface area is 158 Å². The van der Waals surface area contributed by atoms with Gasteiger partial charge in [0.05, 0.1) is 17.5 Å². The SMILES string of the molecule is Cc1c([C@@H](NC(=O)N[C@H]2CCCS(=O)(=O)C2)C(C)C)oc2ccc(F)cc12. The second kappa shape index (κ2) is 7.50. The van der Waals surface area contributed by atoms with E-state index >= 15 is 0 Å². The molecule has 1 aliphatic rings. The largest absolute Gasteiger partial charge is 0.459 e. The van der Waals surface area contributed by atoms with E-state index in [9.17, 15) is 17.6 Å². The van der Waals surface area contributed by atoms with Crippen molar-refractivity contribution in [3.63, 3.8) is 0 Å². The van der Waals surface area contributed by atoms with E-state index in [-0.39, 0.29) is 29.3 Å². The number of rotatable bonds is 4. The molecule has 0 spiro atoms. The summed E-state index contributed by atoms with van der Waals surface area (Å²) in [5.41, 5.74) is 1.35. The maximum atomic E-state index is 13.5. The van der Waals surface area contributed by atoms with Crippen molar-refractivity contribution in [1.29, 1.82) is 0 Å². The molecule has 27 heavy (non-hydrogen) atoms. The van der Waals surface area contributed by atoms with Gasteiger partial charge in [0.2, 0.25) is 0 Å². The second-order valence-corrected chi connectivity index (χ2v) is 9.75. The Bertz CT molecular complexity index is 952. The summed E-state index contributed by atoms with van der Waals surface area (Å²) in [5, 5.41) is 6.33. The van der Waals surface area contributed by atoms with Crippen molar-refractivity contribution >= 4 is 26.8 Å². The first kappa shape index (κ1) is 19.7. The molecule has 0 unspecified atom stereocenters. The van der Waals surface area contributed by atoms with Gasteiger partial charge in [-0.15, -0.1) is 0 Å². The standard InChI is InChI=1S/C19H25FN2O4S/c1-11(2)17(18-12(3)15-9-13(20)6-7-16(15)26-18)22-19(23)21-14-5-4-8-27(24,25)10-14/h6-7,9,11,14,17H,4-5,8,10H2,1-3H3,(H2,21,22,23)/t14-,17-/m0/s1. The van der Waals surface area contributed by atoms with E-state index in [0.29, 0.717) is 29.6 Å². The maximum absolute atomic E-state index is 13.5. The van der Waals surface area contributed by atoms with Crippen molar-refractivity contribution < 1.29 is 22.0 Å². The van der Waals surface area contributed by atoms with Gasteiger partial charge in [-0.3, -0.25) is 0 Å². The topological polar surface area (TPSA) is 88.4 Å². The molecule has 1 saturated heterocycles. The zero-order chi connectivity index (χ0) is 19.8. The average Bonchev–Trinajstić information content (AvgIpc) is 2.88. The Balaban J connectivity index is 1.78. The van der Waals surface area contributed by atoms with Crippen LogP contribution in [0.3, 0.4) is 0 Å². The smallest absolute Gasteiger partial charge is 0.315 e. The average molecular weight is 396 g/mol. The quantitative estimate of drug-likeness (QED) is 0.828. The molecule has 2 atom stereocenters. The molecular formula is C19H25FN2O4S. The molecule has 2 N–H and O–H groups in total. The van der Waals surface area contributed by atoms with Crippen molar-refractivity contribution in [2.24, 2.45) is 5.92 Å². The van der Waals surface area contributed by atoms with Crippen LogP contribution in [0, 0.1) is 18.7 Å². The van der Waals surface area contributed by atoms with Gasteiger partial charge in [0.1, 0.15) is 17.2 Å². The number of furan rings is 1. The predicted octanol–water partition coefficient (Wildman–Crippen LogP) is 3.45. The Morgan fingerprint density at radius 2 is 2.07 bits per heavy atom. The zero-order valence-corrected chi connectivity index (χ0v) is 16.5. The van der Waals surface area contributed by atoms with E-state index in [0.717, 1.165) is 5.56 Å². The number of sulfone groups is 1. The Morgan fingerprint density at radius 3 is 2.74 bits per heavy atom. The van der Waals surface area contributed by atoms with E-state index in [4.69, 9.17) is 4.42 Å². The van der Waals surface area contributed by atoms with Crippen LogP contribution in [0.2, 0.25) is 0 Å². The summed E-state index contributed by atoms with van der Waals surface area (Å²) < 4.78 is 42.9. The van der Waals surface area contributed by atoms with Crippen LogP contribution in [-0.4, -0.2) is 32.0 Å². The van der Waals surface area contributed by atoms with Crippen LogP contribution in [0.1, 0.15) is 44.1 Å². The fraction of sp³-hybridized carbons (Fsp3) is 0.526. The van der Waals surface area contributed by atoms with Crippen molar-refractivity contribution in [3.8, 4) is 0 Å². The fourth-order valence-corrected chi connectivity index (χ4v) is 5.18. The van der Waals surface area contributed by atoms with Gasteiger partial charge < -0.3 is 15.1 Å². The molecule has 2 heterocycles. The number of carbonyl (C=O) groups is 1. The van der Waals surface area contributed by atoms with E-state index in [1.807, 2.05) is 20.8 Å². The van der Waals surface area contributed by atoms with E-state index in [1.54, 1.807) is 6.07 Å². The van der Waals surface area contributed by atoms with Gasteiger partial charge in [0.25, 0.3) is 0 Å². The molecular weight excluding hydrogens is 371 g/mol. The number of aryl methyl sites for hydroxylation is 1. The molecule has 1 aromatic carbocycles. The normalized spacial score (nSPS) is 20.6. The minimum atomic E-state index is -3.10. The van der Waals surface area contributed by atoms with Crippen molar-refractivity contribution in [2.45, 2.75) is 45.7 Å². The molecule has 2 amide bonds. The van der Waals surface area contributed by atoms with Gasteiger partial charge in [-0.05, 0) is 43.9 Å². The van der Waals surface area contributed by atoms with Crippen molar-refractivity contribution in [2.75, 3.05) is 11.5 Å². The third kappa shape index (κ3) is 4.43. The molecule has 0 radical (unpaired) electrons.